The summed E-state index contributed by atoms with van der Waals surface area (Å²) in [5, 5.41) is 2.88. The topological polar surface area (TPSA) is 54.9 Å². The smallest absolute Gasteiger partial charge is 0.271 e. The zero-order chi connectivity index (χ0) is 11.9. The summed E-state index contributed by atoms with van der Waals surface area (Å²) >= 11 is 0. The van der Waals surface area contributed by atoms with Crippen LogP contribution < -0.4 is 5.32 Å². The van der Waals surface area contributed by atoms with Gasteiger partial charge in [0.05, 0.1) is 6.20 Å². The molecule has 92 valence electrons. The van der Waals surface area contributed by atoms with Crippen molar-refractivity contribution in [2.45, 2.75) is 38.5 Å². The Morgan fingerprint density at radius 1 is 1.35 bits per heavy atom. The SMILES string of the molecule is O=C(NCCCC1CCCC1)c1cnccn1. The molecule has 1 aliphatic carbocycles. The van der Waals surface area contributed by atoms with Crippen molar-refractivity contribution in [2.75, 3.05) is 6.54 Å². The third-order valence-electron chi connectivity index (χ3n) is 3.35. The van der Waals surface area contributed by atoms with E-state index in [2.05, 4.69) is 15.3 Å². The van der Waals surface area contributed by atoms with Crippen molar-refractivity contribution in [3.8, 4) is 0 Å². The van der Waals surface area contributed by atoms with Crippen molar-refractivity contribution in [3.63, 3.8) is 0 Å². The molecule has 0 aromatic carbocycles. The molecule has 0 spiro atoms. The number of nitrogens with one attached hydrogen (secondary N) is 1. The maximum atomic E-state index is 11.6. The van der Waals surface area contributed by atoms with E-state index in [-0.39, 0.29) is 5.91 Å². The van der Waals surface area contributed by atoms with Crippen LogP contribution in [0.25, 0.3) is 0 Å². The summed E-state index contributed by atoms with van der Waals surface area (Å²) in [5.74, 6) is 0.771. The summed E-state index contributed by atoms with van der Waals surface area (Å²) < 4.78 is 0. The summed E-state index contributed by atoms with van der Waals surface area (Å²) in [6.45, 7) is 0.742. The number of carbonyl (C=O) groups is 1. The number of nitrogens with zero attached hydrogens (tertiary/aromatic N) is 2. The minimum Gasteiger partial charge on any atom is -0.351 e. The van der Waals surface area contributed by atoms with Gasteiger partial charge in [-0.1, -0.05) is 25.7 Å². The van der Waals surface area contributed by atoms with Gasteiger partial charge in [-0.15, -0.1) is 0 Å². The first-order valence-electron chi connectivity index (χ1n) is 6.40. The zero-order valence-corrected chi connectivity index (χ0v) is 10.1. The van der Waals surface area contributed by atoms with Crippen LogP contribution in [0.4, 0.5) is 0 Å². The highest BCUT2D eigenvalue weighted by molar-refractivity contribution is 5.91. The van der Waals surface area contributed by atoms with Crippen LogP contribution in [0.3, 0.4) is 0 Å². The molecule has 0 unspecified atom stereocenters. The van der Waals surface area contributed by atoms with Crippen molar-refractivity contribution in [2.24, 2.45) is 5.92 Å². The van der Waals surface area contributed by atoms with Crippen molar-refractivity contribution in [3.05, 3.63) is 24.3 Å². The van der Waals surface area contributed by atoms with Gasteiger partial charge in [0.25, 0.3) is 5.91 Å². The van der Waals surface area contributed by atoms with E-state index in [1.807, 2.05) is 0 Å². The number of aromatic nitrogens is 2. The van der Waals surface area contributed by atoms with Gasteiger partial charge < -0.3 is 5.32 Å². The molecule has 17 heavy (non-hydrogen) atoms. The maximum absolute atomic E-state index is 11.6. The molecule has 0 saturated heterocycles. The third kappa shape index (κ3) is 3.80. The lowest BCUT2D eigenvalue weighted by atomic mass is 10.0. The highest BCUT2D eigenvalue weighted by atomic mass is 16.1. The van der Waals surface area contributed by atoms with E-state index in [0.29, 0.717) is 5.69 Å². The molecule has 2 rings (SSSR count). The zero-order valence-electron chi connectivity index (χ0n) is 10.1. The number of rotatable bonds is 5. The first kappa shape index (κ1) is 12.0. The Morgan fingerprint density at radius 2 is 2.18 bits per heavy atom. The summed E-state index contributed by atoms with van der Waals surface area (Å²) in [7, 11) is 0. The molecule has 4 nitrogen and oxygen atoms in total. The highest BCUT2D eigenvalue weighted by Crippen LogP contribution is 2.28. The van der Waals surface area contributed by atoms with E-state index in [1.54, 1.807) is 6.20 Å². The lowest BCUT2D eigenvalue weighted by molar-refractivity contribution is 0.0947. The van der Waals surface area contributed by atoms with Gasteiger partial charge in [-0.2, -0.15) is 0 Å². The molecule has 1 aromatic heterocycles. The van der Waals surface area contributed by atoms with Gasteiger partial charge in [0.2, 0.25) is 0 Å². The van der Waals surface area contributed by atoms with E-state index < -0.39 is 0 Å². The molecule has 1 heterocycles. The van der Waals surface area contributed by atoms with E-state index in [1.165, 1.54) is 44.5 Å². The minimum absolute atomic E-state index is 0.121. The van der Waals surface area contributed by atoms with Crippen molar-refractivity contribution >= 4 is 5.91 Å². The maximum Gasteiger partial charge on any atom is 0.271 e. The van der Waals surface area contributed by atoms with Crippen LogP contribution in [0.15, 0.2) is 18.6 Å². The molecule has 1 fully saturated rings. The second-order valence-corrected chi connectivity index (χ2v) is 4.64. The van der Waals surface area contributed by atoms with Crippen LogP contribution in [-0.4, -0.2) is 22.4 Å². The third-order valence-corrected chi connectivity index (χ3v) is 3.35. The van der Waals surface area contributed by atoms with Crippen LogP contribution in [-0.2, 0) is 0 Å². The summed E-state index contributed by atoms with van der Waals surface area (Å²) in [5.41, 5.74) is 0.397. The summed E-state index contributed by atoms with van der Waals surface area (Å²) in [6, 6.07) is 0. The second-order valence-electron chi connectivity index (χ2n) is 4.64. The molecule has 0 radical (unpaired) electrons. The standard InChI is InChI=1S/C13H19N3O/c17-13(12-10-14-8-9-15-12)16-7-3-6-11-4-1-2-5-11/h8-11H,1-7H2,(H,16,17). The number of carbonyl (C=O) groups excluding carboxylic acids is 1. The number of hydrogen-bond donors (Lipinski definition) is 1. The number of amides is 1. The van der Waals surface area contributed by atoms with Gasteiger partial charge in [-0.05, 0) is 18.8 Å². The molecular formula is C13H19N3O. The molecule has 1 aromatic rings. The van der Waals surface area contributed by atoms with Gasteiger partial charge >= 0.3 is 0 Å². The fourth-order valence-corrected chi connectivity index (χ4v) is 2.40. The normalized spacial score (nSPS) is 16.0. The average Bonchev–Trinajstić information content (AvgIpc) is 2.88. The van der Waals surface area contributed by atoms with Crippen LogP contribution in [0.1, 0.15) is 49.0 Å². The molecule has 0 bridgehead atoms. The quantitative estimate of drug-likeness (QED) is 0.793. The van der Waals surface area contributed by atoms with Crippen LogP contribution in [0, 0.1) is 5.92 Å². The molecule has 1 saturated carbocycles. The van der Waals surface area contributed by atoms with Gasteiger partial charge in [-0.3, -0.25) is 9.78 Å². The lowest BCUT2D eigenvalue weighted by Gasteiger charge is -2.08. The largest absolute Gasteiger partial charge is 0.351 e. The molecule has 1 amide bonds. The Morgan fingerprint density at radius 3 is 2.88 bits per heavy atom. The Hall–Kier alpha value is -1.45. The predicted octanol–water partition coefficient (Wildman–Crippen LogP) is 2.18. The molecule has 0 atom stereocenters. The molecule has 1 N–H and O–H groups in total. The Labute approximate surface area is 102 Å². The highest BCUT2D eigenvalue weighted by Gasteiger charge is 2.14. The number of hydrogen-bond acceptors (Lipinski definition) is 3. The molecule has 0 aliphatic heterocycles. The monoisotopic (exact) mass is 233 g/mol. The Bertz CT molecular complexity index is 347. The molecule has 1 aliphatic rings. The molecule has 4 heteroatoms. The minimum atomic E-state index is -0.121. The van der Waals surface area contributed by atoms with Crippen LogP contribution >= 0.6 is 0 Å². The Kier molecular flexibility index (Phi) is 4.47. The predicted molar refractivity (Wildman–Crippen MR) is 65.6 cm³/mol. The van der Waals surface area contributed by atoms with Gasteiger partial charge in [0, 0.05) is 18.9 Å². The van der Waals surface area contributed by atoms with Gasteiger partial charge in [0.15, 0.2) is 0 Å². The van der Waals surface area contributed by atoms with Gasteiger partial charge in [-0.25, -0.2) is 4.98 Å². The van der Waals surface area contributed by atoms with E-state index in [0.717, 1.165) is 18.9 Å². The first-order valence-corrected chi connectivity index (χ1v) is 6.40. The van der Waals surface area contributed by atoms with Crippen LogP contribution in [0.5, 0.6) is 0 Å². The van der Waals surface area contributed by atoms with Crippen molar-refractivity contribution in [1.29, 1.82) is 0 Å². The lowest BCUT2D eigenvalue weighted by Crippen LogP contribution is -2.25. The summed E-state index contributed by atoms with van der Waals surface area (Å²) in [6.07, 6.45) is 12.4. The van der Waals surface area contributed by atoms with E-state index >= 15 is 0 Å². The Balaban J connectivity index is 1.63. The van der Waals surface area contributed by atoms with Gasteiger partial charge in [0.1, 0.15) is 5.69 Å². The fraction of sp³-hybridized carbons (Fsp3) is 0.615. The van der Waals surface area contributed by atoms with Crippen LogP contribution in [0.2, 0.25) is 0 Å². The van der Waals surface area contributed by atoms with E-state index in [9.17, 15) is 4.79 Å². The summed E-state index contributed by atoms with van der Waals surface area (Å²) in [4.78, 5) is 19.5. The first-order chi connectivity index (χ1) is 8.36. The van der Waals surface area contributed by atoms with Crippen molar-refractivity contribution in [1.82, 2.24) is 15.3 Å². The average molecular weight is 233 g/mol. The molecular weight excluding hydrogens is 214 g/mol. The van der Waals surface area contributed by atoms with E-state index in [4.69, 9.17) is 0 Å². The second kappa shape index (κ2) is 6.33. The fourth-order valence-electron chi connectivity index (χ4n) is 2.40. The van der Waals surface area contributed by atoms with Crippen molar-refractivity contribution < 1.29 is 4.79 Å².